The number of rotatable bonds is 2. The van der Waals surface area contributed by atoms with Gasteiger partial charge in [0.25, 0.3) is 0 Å². The van der Waals surface area contributed by atoms with Gasteiger partial charge in [-0.2, -0.15) is 0 Å². The molecule has 1 heteroatoms. The molecule has 0 saturated heterocycles. The van der Waals surface area contributed by atoms with E-state index in [4.69, 9.17) is 4.74 Å². The Morgan fingerprint density at radius 2 is 2.00 bits per heavy atom. The molecule has 0 saturated carbocycles. The Hall–Kier alpha value is -1.76. The predicted molar refractivity (Wildman–Crippen MR) is 65.3 cm³/mol. The van der Waals surface area contributed by atoms with Crippen molar-refractivity contribution in [3.8, 4) is 5.75 Å². The molecule has 0 aliphatic heterocycles. The third-order valence-electron chi connectivity index (χ3n) is 2.60. The van der Waals surface area contributed by atoms with Crippen molar-refractivity contribution in [2.24, 2.45) is 0 Å². The molecule has 0 aliphatic carbocycles. The lowest BCUT2D eigenvalue weighted by Crippen LogP contribution is -1.88. The van der Waals surface area contributed by atoms with Gasteiger partial charge in [-0.15, -0.1) is 0 Å². The van der Waals surface area contributed by atoms with Crippen molar-refractivity contribution in [1.29, 1.82) is 0 Å². The van der Waals surface area contributed by atoms with Crippen molar-refractivity contribution in [2.45, 2.75) is 6.92 Å². The zero-order chi connectivity index (χ0) is 10.8. The first-order valence-corrected chi connectivity index (χ1v) is 4.96. The fourth-order valence-electron chi connectivity index (χ4n) is 1.84. The van der Waals surface area contributed by atoms with Crippen LogP contribution >= 0.6 is 0 Å². The fraction of sp³-hybridized carbons (Fsp3) is 0.143. The zero-order valence-corrected chi connectivity index (χ0v) is 9.08. The van der Waals surface area contributed by atoms with Gasteiger partial charge in [-0.3, -0.25) is 0 Å². The molecule has 0 aliphatic rings. The van der Waals surface area contributed by atoms with E-state index in [0.717, 1.165) is 11.3 Å². The Morgan fingerprint density at radius 1 is 1.20 bits per heavy atom. The number of aryl methyl sites for hydroxylation is 1. The summed E-state index contributed by atoms with van der Waals surface area (Å²) in [6.07, 6.45) is 1.84. The Labute approximate surface area is 90.0 Å². The Bertz CT molecular complexity index is 512. The van der Waals surface area contributed by atoms with Crippen LogP contribution in [-0.4, -0.2) is 7.11 Å². The highest BCUT2D eigenvalue weighted by Crippen LogP contribution is 2.29. The molecule has 0 bridgehead atoms. The minimum absolute atomic E-state index is 0.876. The van der Waals surface area contributed by atoms with Gasteiger partial charge in [0.15, 0.2) is 0 Å². The number of benzene rings is 2. The van der Waals surface area contributed by atoms with Gasteiger partial charge < -0.3 is 4.74 Å². The van der Waals surface area contributed by atoms with Crippen LogP contribution in [0.3, 0.4) is 0 Å². The zero-order valence-electron chi connectivity index (χ0n) is 9.08. The van der Waals surface area contributed by atoms with Gasteiger partial charge in [-0.05, 0) is 23.8 Å². The highest BCUT2D eigenvalue weighted by molar-refractivity contribution is 5.93. The molecule has 2 aromatic rings. The van der Waals surface area contributed by atoms with Gasteiger partial charge in [0.2, 0.25) is 0 Å². The first-order valence-electron chi connectivity index (χ1n) is 4.96. The molecule has 2 aromatic carbocycles. The van der Waals surface area contributed by atoms with Gasteiger partial charge in [0, 0.05) is 5.56 Å². The van der Waals surface area contributed by atoms with E-state index in [9.17, 15) is 0 Å². The summed E-state index contributed by atoms with van der Waals surface area (Å²) in [6, 6.07) is 10.5. The molecule has 15 heavy (non-hydrogen) atoms. The van der Waals surface area contributed by atoms with Crippen LogP contribution < -0.4 is 4.74 Å². The lowest BCUT2D eigenvalue weighted by atomic mass is 10.0. The van der Waals surface area contributed by atoms with Gasteiger partial charge in [0.05, 0.1) is 7.11 Å². The second-order valence-electron chi connectivity index (χ2n) is 3.61. The first-order chi connectivity index (χ1) is 7.26. The second kappa shape index (κ2) is 3.77. The quantitative estimate of drug-likeness (QED) is 0.713. The standard InChI is InChI=1S/C14H14O/c1-4-12-13-7-5-10(2)9-11(13)6-8-14(12)15-3/h4-9H,1H2,2-3H3. The van der Waals surface area contributed by atoms with Crippen molar-refractivity contribution >= 4 is 16.8 Å². The van der Waals surface area contributed by atoms with Crippen molar-refractivity contribution in [1.82, 2.24) is 0 Å². The molecule has 1 nitrogen and oxygen atoms in total. The van der Waals surface area contributed by atoms with Crippen LogP contribution in [0.4, 0.5) is 0 Å². The van der Waals surface area contributed by atoms with Crippen molar-refractivity contribution < 1.29 is 4.74 Å². The molecule has 2 rings (SSSR count). The molecule has 0 spiro atoms. The normalized spacial score (nSPS) is 10.3. The molecule has 0 radical (unpaired) electrons. The molecule has 0 unspecified atom stereocenters. The number of ether oxygens (including phenoxy) is 1. The maximum absolute atomic E-state index is 5.30. The SMILES string of the molecule is C=Cc1c(OC)ccc2cc(C)ccc12. The summed E-state index contributed by atoms with van der Waals surface area (Å²) < 4.78 is 5.30. The Morgan fingerprint density at radius 3 is 2.67 bits per heavy atom. The predicted octanol–water partition coefficient (Wildman–Crippen LogP) is 3.80. The molecule has 0 atom stereocenters. The molecule has 76 valence electrons. The van der Waals surface area contributed by atoms with Crippen molar-refractivity contribution in [3.63, 3.8) is 0 Å². The Balaban J connectivity index is 2.82. The summed E-state index contributed by atoms with van der Waals surface area (Å²) >= 11 is 0. The van der Waals surface area contributed by atoms with E-state index < -0.39 is 0 Å². The van der Waals surface area contributed by atoms with Crippen LogP contribution in [0, 0.1) is 6.92 Å². The van der Waals surface area contributed by atoms with Crippen LogP contribution in [0.2, 0.25) is 0 Å². The average molecular weight is 198 g/mol. The van der Waals surface area contributed by atoms with E-state index in [0.29, 0.717) is 0 Å². The smallest absolute Gasteiger partial charge is 0.126 e. The molecular weight excluding hydrogens is 184 g/mol. The number of fused-ring (bicyclic) bond motifs is 1. The molecule has 0 heterocycles. The van der Waals surface area contributed by atoms with Crippen LogP contribution in [0.5, 0.6) is 5.75 Å². The monoisotopic (exact) mass is 198 g/mol. The molecule has 0 amide bonds. The van der Waals surface area contributed by atoms with E-state index in [2.05, 4.69) is 37.8 Å². The van der Waals surface area contributed by atoms with Crippen molar-refractivity contribution in [2.75, 3.05) is 7.11 Å². The van der Waals surface area contributed by atoms with Crippen LogP contribution in [0.15, 0.2) is 36.9 Å². The van der Waals surface area contributed by atoms with E-state index in [1.807, 2.05) is 12.1 Å². The summed E-state index contributed by atoms with van der Waals surface area (Å²) in [5.74, 6) is 0.876. The van der Waals surface area contributed by atoms with E-state index in [1.54, 1.807) is 7.11 Å². The maximum atomic E-state index is 5.30. The van der Waals surface area contributed by atoms with Crippen LogP contribution in [0.25, 0.3) is 16.8 Å². The average Bonchev–Trinajstić information content (AvgIpc) is 2.27. The summed E-state index contributed by atoms with van der Waals surface area (Å²) in [5, 5.41) is 2.42. The summed E-state index contributed by atoms with van der Waals surface area (Å²) in [6.45, 7) is 5.93. The summed E-state index contributed by atoms with van der Waals surface area (Å²) in [4.78, 5) is 0. The van der Waals surface area contributed by atoms with Gasteiger partial charge >= 0.3 is 0 Å². The van der Waals surface area contributed by atoms with Gasteiger partial charge in [0.1, 0.15) is 5.75 Å². The van der Waals surface area contributed by atoms with Gasteiger partial charge in [-0.1, -0.05) is 42.5 Å². The van der Waals surface area contributed by atoms with Crippen molar-refractivity contribution in [3.05, 3.63) is 48.0 Å². The largest absolute Gasteiger partial charge is 0.496 e. The minimum atomic E-state index is 0.876. The number of methoxy groups -OCH3 is 1. The highest BCUT2D eigenvalue weighted by atomic mass is 16.5. The third kappa shape index (κ3) is 1.61. The Kier molecular flexibility index (Phi) is 2.46. The number of hydrogen-bond donors (Lipinski definition) is 0. The van der Waals surface area contributed by atoms with Crippen LogP contribution in [-0.2, 0) is 0 Å². The number of hydrogen-bond acceptors (Lipinski definition) is 1. The summed E-state index contributed by atoms with van der Waals surface area (Å²) in [7, 11) is 1.68. The summed E-state index contributed by atoms with van der Waals surface area (Å²) in [5.41, 5.74) is 2.33. The first kappa shape index (κ1) is 9.78. The highest BCUT2D eigenvalue weighted by Gasteiger charge is 2.04. The van der Waals surface area contributed by atoms with Gasteiger partial charge in [-0.25, -0.2) is 0 Å². The topological polar surface area (TPSA) is 9.23 Å². The van der Waals surface area contributed by atoms with Crippen LogP contribution in [0.1, 0.15) is 11.1 Å². The second-order valence-corrected chi connectivity index (χ2v) is 3.61. The van der Waals surface area contributed by atoms with E-state index in [1.165, 1.54) is 16.3 Å². The van der Waals surface area contributed by atoms with E-state index in [-0.39, 0.29) is 0 Å². The lowest BCUT2D eigenvalue weighted by Gasteiger charge is -2.08. The molecule has 0 aromatic heterocycles. The third-order valence-corrected chi connectivity index (χ3v) is 2.60. The maximum Gasteiger partial charge on any atom is 0.126 e. The molecule has 0 fully saturated rings. The van der Waals surface area contributed by atoms with E-state index >= 15 is 0 Å². The lowest BCUT2D eigenvalue weighted by molar-refractivity contribution is 0.414. The fourth-order valence-corrected chi connectivity index (χ4v) is 1.84. The molecular formula is C14H14O. The molecule has 0 N–H and O–H groups in total. The minimum Gasteiger partial charge on any atom is -0.496 e.